The molecule has 5 nitrogen and oxygen atoms in total. The molecule has 1 atom stereocenters. The summed E-state index contributed by atoms with van der Waals surface area (Å²) in [6.07, 6.45) is 0.325. The minimum absolute atomic E-state index is 0. The Balaban J connectivity index is 0.00000484. The van der Waals surface area contributed by atoms with Gasteiger partial charge in [0.1, 0.15) is 0 Å². The number of rotatable bonds is 9. The van der Waals surface area contributed by atoms with Crippen molar-refractivity contribution in [1.82, 2.24) is 15.5 Å². The van der Waals surface area contributed by atoms with Gasteiger partial charge in [0, 0.05) is 39.0 Å². The maximum absolute atomic E-state index is 11.9. The predicted octanol–water partition coefficient (Wildman–Crippen LogP) is 1.96. The largest absolute Gasteiger partial charge is 0.354 e. The van der Waals surface area contributed by atoms with Crippen LogP contribution in [0.3, 0.4) is 0 Å². The fourth-order valence-corrected chi connectivity index (χ4v) is 2.16. The van der Waals surface area contributed by atoms with Crippen molar-refractivity contribution in [1.29, 1.82) is 0 Å². The normalized spacial score (nSPS) is 11.3. The predicted molar refractivity (Wildman–Crippen MR) is 95.5 cm³/mol. The fraction of sp³-hybridized carbons (Fsp3) is 0.529. The van der Waals surface area contributed by atoms with Crippen molar-refractivity contribution in [2.75, 3.05) is 19.6 Å². The second-order valence-electron chi connectivity index (χ2n) is 5.44. The number of hydrogen-bond acceptors (Lipinski definition) is 3. The number of nitrogens with zero attached hydrogens (tertiary/aromatic N) is 1. The van der Waals surface area contributed by atoms with E-state index in [1.165, 1.54) is 6.92 Å². The fourth-order valence-electron chi connectivity index (χ4n) is 2.16. The van der Waals surface area contributed by atoms with Crippen molar-refractivity contribution < 1.29 is 9.59 Å². The smallest absolute Gasteiger partial charge is 0.221 e. The van der Waals surface area contributed by atoms with Crippen molar-refractivity contribution in [3.05, 3.63) is 35.9 Å². The maximum atomic E-state index is 11.9. The van der Waals surface area contributed by atoms with Crippen LogP contribution in [0.5, 0.6) is 0 Å². The molecule has 0 saturated heterocycles. The first-order valence-corrected chi connectivity index (χ1v) is 7.82. The van der Waals surface area contributed by atoms with E-state index < -0.39 is 0 Å². The van der Waals surface area contributed by atoms with Gasteiger partial charge in [-0.05, 0) is 19.0 Å². The quantitative estimate of drug-likeness (QED) is 0.721. The van der Waals surface area contributed by atoms with Gasteiger partial charge in [0.05, 0.1) is 0 Å². The summed E-state index contributed by atoms with van der Waals surface area (Å²) in [5, 5.41) is 6.12. The minimum atomic E-state index is -0.0240. The molecule has 2 N–H and O–H groups in total. The van der Waals surface area contributed by atoms with Crippen LogP contribution in [0.15, 0.2) is 30.3 Å². The SMILES string of the molecule is CCN[C@H](C)CNC(=O)CCN(Cc1ccccc1)C(C)=O.Cl. The first-order chi connectivity index (χ1) is 10.5. The lowest BCUT2D eigenvalue weighted by molar-refractivity contribution is -0.130. The summed E-state index contributed by atoms with van der Waals surface area (Å²) >= 11 is 0. The molecule has 0 saturated carbocycles. The van der Waals surface area contributed by atoms with Crippen LogP contribution in [0.2, 0.25) is 0 Å². The van der Waals surface area contributed by atoms with Crippen LogP contribution in [0.25, 0.3) is 0 Å². The van der Waals surface area contributed by atoms with E-state index >= 15 is 0 Å². The van der Waals surface area contributed by atoms with Gasteiger partial charge in [-0.3, -0.25) is 9.59 Å². The lowest BCUT2D eigenvalue weighted by atomic mass is 10.2. The molecular formula is C17H28ClN3O2. The molecule has 0 bridgehead atoms. The highest BCUT2D eigenvalue weighted by molar-refractivity contribution is 5.85. The molecule has 1 aromatic carbocycles. The Morgan fingerprint density at radius 2 is 1.87 bits per heavy atom. The van der Waals surface area contributed by atoms with E-state index in [2.05, 4.69) is 10.6 Å². The van der Waals surface area contributed by atoms with Gasteiger partial charge in [-0.2, -0.15) is 0 Å². The van der Waals surface area contributed by atoms with Crippen LogP contribution >= 0.6 is 12.4 Å². The summed E-state index contributed by atoms with van der Waals surface area (Å²) in [6.45, 7) is 8.06. The lowest BCUT2D eigenvalue weighted by Gasteiger charge is -2.21. The van der Waals surface area contributed by atoms with Crippen LogP contribution in [0.1, 0.15) is 32.8 Å². The minimum Gasteiger partial charge on any atom is -0.354 e. The van der Waals surface area contributed by atoms with Crippen LogP contribution in [-0.2, 0) is 16.1 Å². The van der Waals surface area contributed by atoms with E-state index in [1.807, 2.05) is 44.2 Å². The molecule has 0 aliphatic heterocycles. The number of carbonyl (C=O) groups is 2. The van der Waals surface area contributed by atoms with Crippen molar-refractivity contribution in [2.24, 2.45) is 0 Å². The molecular weight excluding hydrogens is 314 g/mol. The molecule has 23 heavy (non-hydrogen) atoms. The van der Waals surface area contributed by atoms with E-state index in [-0.39, 0.29) is 30.3 Å². The summed E-state index contributed by atoms with van der Waals surface area (Å²) in [4.78, 5) is 25.2. The molecule has 1 aromatic rings. The summed E-state index contributed by atoms with van der Waals surface area (Å²) in [7, 11) is 0. The average molecular weight is 342 g/mol. The molecule has 0 aromatic heterocycles. The number of amides is 2. The number of nitrogens with one attached hydrogen (secondary N) is 2. The molecule has 130 valence electrons. The van der Waals surface area contributed by atoms with E-state index in [4.69, 9.17) is 0 Å². The first kappa shape index (κ1) is 21.4. The highest BCUT2D eigenvalue weighted by atomic mass is 35.5. The third kappa shape index (κ3) is 9.21. The van der Waals surface area contributed by atoms with Crippen LogP contribution < -0.4 is 10.6 Å². The van der Waals surface area contributed by atoms with Gasteiger partial charge < -0.3 is 15.5 Å². The summed E-state index contributed by atoms with van der Waals surface area (Å²) < 4.78 is 0. The number of hydrogen-bond donors (Lipinski definition) is 2. The number of halogens is 1. The lowest BCUT2D eigenvalue weighted by Crippen LogP contribution is -2.40. The second kappa shape index (κ2) is 11.9. The van der Waals surface area contributed by atoms with Crippen molar-refractivity contribution in [3.8, 4) is 0 Å². The Bertz CT molecular complexity index is 468. The summed E-state index contributed by atoms with van der Waals surface area (Å²) in [5.41, 5.74) is 1.07. The number of benzene rings is 1. The monoisotopic (exact) mass is 341 g/mol. The molecule has 0 unspecified atom stereocenters. The zero-order valence-corrected chi connectivity index (χ0v) is 15.0. The zero-order valence-electron chi connectivity index (χ0n) is 14.2. The maximum Gasteiger partial charge on any atom is 0.221 e. The molecule has 0 aliphatic carbocycles. The summed E-state index contributed by atoms with van der Waals surface area (Å²) in [6, 6.07) is 10.1. The molecule has 0 heterocycles. The highest BCUT2D eigenvalue weighted by Gasteiger charge is 2.12. The van der Waals surface area contributed by atoms with Gasteiger partial charge >= 0.3 is 0 Å². The second-order valence-corrected chi connectivity index (χ2v) is 5.44. The molecule has 0 radical (unpaired) electrons. The van der Waals surface area contributed by atoms with E-state index in [0.29, 0.717) is 26.1 Å². The molecule has 1 rings (SSSR count). The van der Waals surface area contributed by atoms with E-state index in [9.17, 15) is 9.59 Å². The third-order valence-electron chi connectivity index (χ3n) is 3.43. The topological polar surface area (TPSA) is 61.4 Å². The third-order valence-corrected chi connectivity index (χ3v) is 3.43. The van der Waals surface area contributed by atoms with Crippen LogP contribution in [0.4, 0.5) is 0 Å². The first-order valence-electron chi connectivity index (χ1n) is 7.82. The molecule has 0 fully saturated rings. The van der Waals surface area contributed by atoms with Gasteiger partial charge in [0.15, 0.2) is 0 Å². The Morgan fingerprint density at radius 1 is 1.22 bits per heavy atom. The van der Waals surface area contributed by atoms with Gasteiger partial charge in [0.2, 0.25) is 11.8 Å². The van der Waals surface area contributed by atoms with E-state index in [0.717, 1.165) is 12.1 Å². The Kier molecular flexibility index (Phi) is 11.1. The van der Waals surface area contributed by atoms with Crippen molar-refractivity contribution in [2.45, 2.75) is 39.8 Å². The van der Waals surface area contributed by atoms with Gasteiger partial charge in [-0.25, -0.2) is 0 Å². The summed E-state index contributed by atoms with van der Waals surface area (Å²) in [5.74, 6) is -0.0401. The van der Waals surface area contributed by atoms with Crippen molar-refractivity contribution >= 4 is 24.2 Å². The van der Waals surface area contributed by atoms with Crippen molar-refractivity contribution in [3.63, 3.8) is 0 Å². The molecule has 6 heteroatoms. The van der Waals surface area contributed by atoms with Gasteiger partial charge in [-0.1, -0.05) is 37.3 Å². The van der Waals surface area contributed by atoms with Crippen LogP contribution in [0, 0.1) is 0 Å². The average Bonchev–Trinajstić information content (AvgIpc) is 2.50. The number of carbonyl (C=O) groups excluding carboxylic acids is 2. The van der Waals surface area contributed by atoms with Crippen LogP contribution in [-0.4, -0.2) is 42.4 Å². The van der Waals surface area contributed by atoms with Gasteiger partial charge in [-0.15, -0.1) is 12.4 Å². The molecule has 2 amide bonds. The van der Waals surface area contributed by atoms with E-state index in [1.54, 1.807) is 4.90 Å². The Labute approximate surface area is 145 Å². The molecule has 0 spiro atoms. The number of likely N-dealkylation sites (N-methyl/N-ethyl adjacent to an activating group) is 1. The Hall–Kier alpha value is -1.59. The highest BCUT2D eigenvalue weighted by Crippen LogP contribution is 2.05. The standard InChI is InChI=1S/C17H27N3O2.ClH/c1-4-18-14(2)12-19-17(22)10-11-20(15(3)21)13-16-8-6-5-7-9-16;/h5-9,14,18H,4,10-13H2,1-3H3,(H,19,22);1H/t14-;/m1./s1. The zero-order chi connectivity index (χ0) is 16.4. The molecule has 0 aliphatic rings. The van der Waals surface area contributed by atoms with Gasteiger partial charge in [0.25, 0.3) is 0 Å². The Morgan fingerprint density at radius 3 is 2.43 bits per heavy atom.